The summed E-state index contributed by atoms with van der Waals surface area (Å²) in [6, 6.07) is 7.45. The molecule has 1 N–H and O–H groups in total. The van der Waals surface area contributed by atoms with Crippen LogP contribution in [0.1, 0.15) is 32.6 Å². The highest BCUT2D eigenvalue weighted by Gasteiger charge is 2.18. The van der Waals surface area contributed by atoms with E-state index in [4.69, 9.17) is 4.42 Å². The summed E-state index contributed by atoms with van der Waals surface area (Å²) in [7, 11) is 0. The van der Waals surface area contributed by atoms with E-state index in [0.29, 0.717) is 12.1 Å². The SMILES string of the molecule is CC[C@H](CN1CCCC1)NC(=O)CCn1c(=O)oc2ccccc21. The quantitative estimate of drug-likeness (QED) is 0.842. The molecule has 1 aliphatic rings. The van der Waals surface area contributed by atoms with Crippen molar-refractivity contribution < 1.29 is 9.21 Å². The molecule has 1 atom stereocenters. The summed E-state index contributed by atoms with van der Waals surface area (Å²) >= 11 is 0. The van der Waals surface area contributed by atoms with Gasteiger partial charge >= 0.3 is 5.76 Å². The highest BCUT2D eigenvalue weighted by atomic mass is 16.4. The van der Waals surface area contributed by atoms with Crippen molar-refractivity contribution in [1.82, 2.24) is 14.8 Å². The third-order valence-corrected chi connectivity index (χ3v) is 4.67. The number of hydrogen-bond donors (Lipinski definition) is 1. The van der Waals surface area contributed by atoms with E-state index in [-0.39, 0.29) is 18.4 Å². The van der Waals surface area contributed by atoms with E-state index in [1.165, 1.54) is 17.4 Å². The summed E-state index contributed by atoms with van der Waals surface area (Å²) in [5.74, 6) is -0.425. The van der Waals surface area contributed by atoms with Gasteiger partial charge in [0.15, 0.2) is 5.58 Å². The topological polar surface area (TPSA) is 67.5 Å². The van der Waals surface area contributed by atoms with Crippen LogP contribution in [0.2, 0.25) is 0 Å². The van der Waals surface area contributed by atoms with Gasteiger partial charge in [-0.05, 0) is 44.5 Å². The van der Waals surface area contributed by atoms with Crippen molar-refractivity contribution in [3.8, 4) is 0 Å². The molecule has 1 aromatic heterocycles. The molecule has 2 aromatic rings. The van der Waals surface area contributed by atoms with Crippen LogP contribution in [-0.4, -0.2) is 41.1 Å². The Kier molecular flexibility index (Phi) is 5.35. The first-order chi connectivity index (χ1) is 11.7. The number of aromatic nitrogens is 1. The Morgan fingerprint density at radius 2 is 2.04 bits per heavy atom. The molecule has 0 radical (unpaired) electrons. The second-order valence-corrected chi connectivity index (χ2v) is 6.42. The van der Waals surface area contributed by atoms with Crippen LogP contribution in [0.25, 0.3) is 11.1 Å². The number of fused-ring (bicyclic) bond motifs is 1. The zero-order valence-corrected chi connectivity index (χ0v) is 14.2. The zero-order valence-electron chi connectivity index (χ0n) is 14.2. The number of likely N-dealkylation sites (tertiary alicyclic amines) is 1. The number of para-hydroxylation sites is 2. The van der Waals surface area contributed by atoms with Gasteiger partial charge in [-0.25, -0.2) is 4.79 Å². The minimum atomic E-state index is -0.409. The third-order valence-electron chi connectivity index (χ3n) is 4.67. The lowest BCUT2D eigenvalue weighted by Crippen LogP contribution is -2.43. The van der Waals surface area contributed by atoms with Crippen molar-refractivity contribution in [2.24, 2.45) is 0 Å². The molecule has 24 heavy (non-hydrogen) atoms. The van der Waals surface area contributed by atoms with E-state index in [9.17, 15) is 9.59 Å². The number of amides is 1. The summed E-state index contributed by atoms with van der Waals surface area (Å²) in [5.41, 5.74) is 1.29. The Bertz CT molecular complexity index is 743. The molecule has 2 heterocycles. The highest BCUT2D eigenvalue weighted by Crippen LogP contribution is 2.12. The van der Waals surface area contributed by atoms with Crippen LogP contribution in [0, 0.1) is 0 Å². The number of carbonyl (C=O) groups excluding carboxylic acids is 1. The normalized spacial score (nSPS) is 16.5. The lowest BCUT2D eigenvalue weighted by Gasteiger charge is -2.23. The van der Waals surface area contributed by atoms with Gasteiger partial charge in [0.1, 0.15) is 0 Å². The van der Waals surface area contributed by atoms with Crippen molar-refractivity contribution >= 4 is 17.0 Å². The molecule has 0 spiro atoms. The number of aryl methyl sites for hydroxylation is 1. The molecule has 1 saturated heterocycles. The van der Waals surface area contributed by atoms with Crippen LogP contribution in [0.3, 0.4) is 0 Å². The Labute approximate surface area is 141 Å². The molecule has 1 amide bonds. The second-order valence-electron chi connectivity index (χ2n) is 6.42. The van der Waals surface area contributed by atoms with Crippen LogP contribution >= 0.6 is 0 Å². The van der Waals surface area contributed by atoms with Gasteiger partial charge < -0.3 is 14.6 Å². The number of nitrogens with one attached hydrogen (secondary N) is 1. The van der Waals surface area contributed by atoms with Crippen LogP contribution in [-0.2, 0) is 11.3 Å². The Morgan fingerprint density at radius 3 is 2.79 bits per heavy atom. The van der Waals surface area contributed by atoms with E-state index in [0.717, 1.165) is 31.6 Å². The smallest absolute Gasteiger partial charge is 0.408 e. The van der Waals surface area contributed by atoms with Crippen LogP contribution in [0.5, 0.6) is 0 Å². The molecular formula is C18H25N3O3. The number of nitrogens with zero attached hydrogens (tertiary/aromatic N) is 2. The minimum Gasteiger partial charge on any atom is -0.408 e. The van der Waals surface area contributed by atoms with E-state index < -0.39 is 5.76 Å². The lowest BCUT2D eigenvalue weighted by atomic mass is 10.2. The van der Waals surface area contributed by atoms with Crippen molar-refractivity contribution in [3.05, 3.63) is 34.8 Å². The Morgan fingerprint density at radius 1 is 1.29 bits per heavy atom. The Balaban J connectivity index is 1.56. The maximum atomic E-state index is 12.3. The van der Waals surface area contributed by atoms with Crippen LogP contribution in [0.15, 0.2) is 33.5 Å². The minimum absolute atomic E-state index is 0.0155. The van der Waals surface area contributed by atoms with E-state index in [2.05, 4.69) is 17.1 Å². The maximum Gasteiger partial charge on any atom is 0.419 e. The monoisotopic (exact) mass is 331 g/mol. The first kappa shape index (κ1) is 16.8. The fourth-order valence-electron chi connectivity index (χ4n) is 3.29. The maximum absolute atomic E-state index is 12.3. The predicted octanol–water partition coefficient (Wildman–Crippen LogP) is 1.98. The van der Waals surface area contributed by atoms with Crippen molar-refractivity contribution in [1.29, 1.82) is 0 Å². The molecule has 3 rings (SSSR count). The molecule has 130 valence electrons. The summed E-state index contributed by atoms with van der Waals surface area (Å²) in [6.45, 7) is 5.60. The summed E-state index contributed by atoms with van der Waals surface area (Å²) in [5, 5.41) is 3.10. The molecule has 0 bridgehead atoms. The summed E-state index contributed by atoms with van der Waals surface area (Å²) in [6.07, 6.45) is 3.69. The number of benzene rings is 1. The molecule has 6 heteroatoms. The number of hydrogen-bond acceptors (Lipinski definition) is 4. The second kappa shape index (κ2) is 7.66. The van der Waals surface area contributed by atoms with Gasteiger partial charge in [0.05, 0.1) is 5.52 Å². The molecule has 1 aromatic carbocycles. The zero-order chi connectivity index (χ0) is 16.9. The van der Waals surface area contributed by atoms with Gasteiger partial charge in [0.25, 0.3) is 0 Å². The molecule has 1 fully saturated rings. The van der Waals surface area contributed by atoms with Crippen LogP contribution < -0.4 is 11.1 Å². The highest BCUT2D eigenvalue weighted by molar-refractivity contribution is 5.77. The third kappa shape index (κ3) is 3.87. The number of carbonyl (C=O) groups is 1. The van der Waals surface area contributed by atoms with Gasteiger partial charge in [-0.2, -0.15) is 0 Å². The van der Waals surface area contributed by atoms with Crippen molar-refractivity contribution in [3.63, 3.8) is 0 Å². The van der Waals surface area contributed by atoms with Gasteiger partial charge in [-0.1, -0.05) is 19.1 Å². The molecule has 0 aliphatic carbocycles. The fourth-order valence-corrected chi connectivity index (χ4v) is 3.29. The van der Waals surface area contributed by atoms with Gasteiger partial charge in [0.2, 0.25) is 5.91 Å². The van der Waals surface area contributed by atoms with E-state index in [1.54, 1.807) is 6.07 Å². The average Bonchev–Trinajstić information content (AvgIpc) is 3.19. The average molecular weight is 331 g/mol. The van der Waals surface area contributed by atoms with Gasteiger partial charge in [0, 0.05) is 25.6 Å². The van der Waals surface area contributed by atoms with Gasteiger partial charge in [-0.3, -0.25) is 9.36 Å². The van der Waals surface area contributed by atoms with Crippen molar-refractivity contribution in [2.75, 3.05) is 19.6 Å². The first-order valence-corrected chi connectivity index (χ1v) is 8.77. The predicted molar refractivity (Wildman–Crippen MR) is 93.0 cm³/mol. The molecule has 0 saturated carbocycles. The van der Waals surface area contributed by atoms with E-state index in [1.807, 2.05) is 18.2 Å². The largest absolute Gasteiger partial charge is 0.419 e. The fraction of sp³-hybridized carbons (Fsp3) is 0.556. The molecular weight excluding hydrogens is 306 g/mol. The molecule has 1 aliphatic heterocycles. The number of rotatable bonds is 7. The molecule has 0 unspecified atom stereocenters. The first-order valence-electron chi connectivity index (χ1n) is 8.77. The van der Waals surface area contributed by atoms with Crippen molar-refractivity contribution in [2.45, 2.75) is 45.2 Å². The standard InChI is InChI=1S/C18H25N3O3/c1-2-14(13-20-10-5-6-11-20)19-17(22)9-12-21-15-7-3-4-8-16(15)24-18(21)23/h3-4,7-8,14H,2,5-6,9-13H2,1H3,(H,19,22)/t14-/m1/s1. The van der Waals surface area contributed by atoms with Gasteiger partial charge in [-0.15, -0.1) is 0 Å². The molecule has 6 nitrogen and oxygen atoms in total. The Hall–Kier alpha value is -2.08. The van der Waals surface area contributed by atoms with Crippen LogP contribution in [0.4, 0.5) is 0 Å². The summed E-state index contributed by atoms with van der Waals surface area (Å²) in [4.78, 5) is 26.6. The number of oxazole rings is 1. The summed E-state index contributed by atoms with van der Waals surface area (Å²) < 4.78 is 6.72. The lowest BCUT2D eigenvalue weighted by molar-refractivity contribution is -0.122. The van der Waals surface area contributed by atoms with E-state index >= 15 is 0 Å².